The van der Waals surface area contributed by atoms with Crippen molar-refractivity contribution < 1.29 is 19.1 Å². The Morgan fingerprint density at radius 2 is 1.91 bits per heavy atom. The third-order valence-corrected chi connectivity index (χ3v) is 3.46. The monoisotopic (exact) mass is 417 g/mol. The largest absolute Gasteiger partial charge is 0.464 e. The van der Waals surface area contributed by atoms with Crippen molar-refractivity contribution in [2.45, 2.75) is 33.3 Å². The molecule has 0 aromatic carbocycles. The second-order valence-corrected chi connectivity index (χ2v) is 6.73. The molecule has 0 unspecified atom stereocenters. The third kappa shape index (κ3) is 3.21. The molecular weight excluding hydrogens is 401 g/mol. The molecule has 2 aromatic rings. The molecule has 0 aliphatic carbocycles. The number of fused-ring (bicyclic) bond motifs is 1. The van der Waals surface area contributed by atoms with Crippen molar-refractivity contribution in [2.24, 2.45) is 0 Å². The Labute approximate surface area is 141 Å². The molecule has 7 nitrogen and oxygen atoms in total. The number of aromatic nitrogens is 3. The van der Waals surface area contributed by atoms with Gasteiger partial charge in [-0.25, -0.2) is 24.1 Å². The van der Waals surface area contributed by atoms with Crippen LogP contribution >= 0.6 is 22.6 Å². The van der Waals surface area contributed by atoms with E-state index >= 15 is 0 Å². The van der Waals surface area contributed by atoms with Crippen molar-refractivity contribution in [1.82, 2.24) is 14.5 Å². The van der Waals surface area contributed by atoms with Gasteiger partial charge in [0, 0.05) is 0 Å². The maximum Gasteiger partial charge on any atom is 0.419 e. The Hall–Kier alpha value is -1.71. The van der Waals surface area contributed by atoms with Gasteiger partial charge >= 0.3 is 12.1 Å². The molecule has 0 saturated carbocycles. The van der Waals surface area contributed by atoms with Crippen molar-refractivity contribution in [3.05, 3.63) is 21.3 Å². The average Bonchev–Trinajstić information content (AvgIpc) is 2.70. The summed E-state index contributed by atoms with van der Waals surface area (Å²) < 4.78 is 12.0. The number of rotatable bonds is 1. The number of nitrogens with zero attached hydrogens (tertiary/aromatic N) is 3. The number of carbonyl (C=O) groups excluding carboxylic acids is 2. The Kier molecular flexibility index (Phi) is 4.41. The number of ether oxygens (including phenoxy) is 2. The van der Waals surface area contributed by atoms with Crippen LogP contribution in [0.4, 0.5) is 4.79 Å². The predicted octanol–water partition coefficient (Wildman–Crippen LogP) is 2.91. The summed E-state index contributed by atoms with van der Waals surface area (Å²) in [6, 6.07) is 1.70. The molecule has 0 bridgehead atoms. The smallest absolute Gasteiger partial charge is 0.419 e. The minimum atomic E-state index is -0.659. The molecule has 0 N–H and O–H groups in total. The first-order valence-corrected chi connectivity index (χ1v) is 7.59. The highest BCUT2D eigenvalue weighted by Crippen LogP contribution is 2.24. The lowest BCUT2D eigenvalue weighted by molar-refractivity contribution is 0.0540. The topological polar surface area (TPSA) is 83.3 Å². The van der Waals surface area contributed by atoms with Gasteiger partial charge in [0.25, 0.3) is 0 Å². The second kappa shape index (κ2) is 5.82. The summed E-state index contributed by atoms with van der Waals surface area (Å²) in [5.41, 5.74) is 0.159. The highest BCUT2D eigenvalue weighted by Gasteiger charge is 2.26. The standard InChI is InChI=1S/C14H16IN3O4/c1-7-16-8-6-9(15)18(13(20)22-14(2,3)4)11(8)10(17-7)12(19)21-5/h6H,1-5H3. The Bertz CT molecular complexity index is 762. The predicted molar refractivity (Wildman–Crippen MR) is 88.0 cm³/mol. The summed E-state index contributed by atoms with van der Waals surface area (Å²) in [6.07, 6.45) is -0.593. The van der Waals surface area contributed by atoms with Crippen LogP contribution in [0.1, 0.15) is 37.1 Å². The zero-order valence-corrected chi connectivity index (χ0v) is 15.1. The zero-order valence-electron chi connectivity index (χ0n) is 12.9. The van der Waals surface area contributed by atoms with E-state index in [1.165, 1.54) is 11.7 Å². The highest BCUT2D eigenvalue weighted by molar-refractivity contribution is 14.1. The summed E-state index contributed by atoms with van der Waals surface area (Å²) in [4.78, 5) is 32.8. The Morgan fingerprint density at radius 1 is 1.27 bits per heavy atom. The van der Waals surface area contributed by atoms with E-state index in [4.69, 9.17) is 9.47 Å². The number of hydrogen-bond acceptors (Lipinski definition) is 6. The van der Waals surface area contributed by atoms with Gasteiger partial charge in [0.2, 0.25) is 0 Å². The summed E-state index contributed by atoms with van der Waals surface area (Å²) >= 11 is 1.99. The molecule has 0 amide bonds. The Morgan fingerprint density at radius 3 is 2.45 bits per heavy atom. The number of hydrogen-bond donors (Lipinski definition) is 0. The van der Waals surface area contributed by atoms with E-state index in [1.54, 1.807) is 33.8 Å². The van der Waals surface area contributed by atoms with Crippen LogP contribution < -0.4 is 0 Å². The first-order chi connectivity index (χ1) is 10.1. The molecule has 0 radical (unpaired) electrons. The van der Waals surface area contributed by atoms with Crippen LogP contribution in [0.25, 0.3) is 11.0 Å². The molecule has 0 saturated heterocycles. The van der Waals surface area contributed by atoms with E-state index in [1.807, 2.05) is 22.6 Å². The number of esters is 1. The molecule has 8 heteroatoms. The molecule has 2 rings (SSSR count). The van der Waals surface area contributed by atoms with Crippen molar-refractivity contribution in [3.8, 4) is 0 Å². The van der Waals surface area contributed by atoms with Gasteiger partial charge in [-0.05, 0) is 56.4 Å². The lowest BCUT2D eigenvalue weighted by atomic mass is 10.2. The highest BCUT2D eigenvalue weighted by atomic mass is 127. The molecule has 0 atom stereocenters. The SMILES string of the molecule is COC(=O)c1nc(C)nc2cc(I)n(C(=O)OC(C)(C)C)c12. The van der Waals surface area contributed by atoms with E-state index in [2.05, 4.69) is 9.97 Å². The summed E-state index contributed by atoms with van der Waals surface area (Å²) in [5, 5.41) is 0. The van der Waals surface area contributed by atoms with Crippen LogP contribution in [0.15, 0.2) is 6.07 Å². The number of halogens is 1. The fourth-order valence-electron chi connectivity index (χ4n) is 1.92. The Balaban J connectivity index is 2.71. The van der Waals surface area contributed by atoms with Crippen LogP contribution in [0.5, 0.6) is 0 Å². The minimum absolute atomic E-state index is 0.0405. The molecule has 2 aromatic heterocycles. The van der Waals surface area contributed by atoms with Crippen LogP contribution in [0, 0.1) is 10.6 Å². The van der Waals surface area contributed by atoms with Crippen LogP contribution in [0.3, 0.4) is 0 Å². The quantitative estimate of drug-likeness (QED) is 0.524. The van der Waals surface area contributed by atoms with Crippen LogP contribution in [-0.4, -0.2) is 39.3 Å². The number of carbonyl (C=O) groups is 2. The molecule has 0 aliphatic heterocycles. The van der Waals surface area contributed by atoms with Gasteiger partial charge in [0.15, 0.2) is 5.69 Å². The molecular formula is C14H16IN3O4. The molecule has 22 heavy (non-hydrogen) atoms. The number of aryl methyl sites for hydroxylation is 1. The second-order valence-electron chi connectivity index (χ2n) is 5.63. The van der Waals surface area contributed by atoms with Crippen molar-refractivity contribution in [1.29, 1.82) is 0 Å². The van der Waals surface area contributed by atoms with Gasteiger partial charge in [-0.1, -0.05) is 0 Å². The van der Waals surface area contributed by atoms with Crippen LogP contribution in [-0.2, 0) is 9.47 Å². The maximum atomic E-state index is 12.4. The summed E-state index contributed by atoms with van der Waals surface area (Å²) in [5.74, 6) is -0.208. The number of methoxy groups -OCH3 is 1. The van der Waals surface area contributed by atoms with E-state index in [0.717, 1.165) is 0 Å². The van der Waals surface area contributed by atoms with Gasteiger partial charge < -0.3 is 9.47 Å². The van der Waals surface area contributed by atoms with Gasteiger partial charge in [-0.2, -0.15) is 0 Å². The first kappa shape index (κ1) is 16.7. The molecule has 118 valence electrons. The molecule has 2 heterocycles. The average molecular weight is 417 g/mol. The fraction of sp³-hybridized carbons (Fsp3) is 0.429. The normalized spacial score (nSPS) is 11.5. The lowest BCUT2D eigenvalue weighted by Gasteiger charge is -2.20. The van der Waals surface area contributed by atoms with Gasteiger partial charge in [0.05, 0.1) is 16.3 Å². The molecule has 0 aliphatic rings. The van der Waals surface area contributed by atoms with Crippen LogP contribution in [0.2, 0.25) is 0 Å². The summed E-state index contributed by atoms with van der Waals surface area (Å²) in [7, 11) is 1.26. The fourth-order valence-corrected chi connectivity index (χ4v) is 2.65. The maximum absolute atomic E-state index is 12.4. The van der Waals surface area contributed by atoms with Crippen molar-refractivity contribution in [3.63, 3.8) is 0 Å². The summed E-state index contributed by atoms with van der Waals surface area (Å²) in [6.45, 7) is 6.98. The van der Waals surface area contributed by atoms with E-state index in [9.17, 15) is 9.59 Å². The first-order valence-electron chi connectivity index (χ1n) is 6.51. The van der Waals surface area contributed by atoms with Gasteiger partial charge in [-0.15, -0.1) is 0 Å². The zero-order chi connectivity index (χ0) is 16.7. The van der Waals surface area contributed by atoms with Crippen molar-refractivity contribution >= 4 is 45.7 Å². The minimum Gasteiger partial charge on any atom is -0.464 e. The van der Waals surface area contributed by atoms with E-state index < -0.39 is 17.7 Å². The van der Waals surface area contributed by atoms with Gasteiger partial charge in [0.1, 0.15) is 16.9 Å². The van der Waals surface area contributed by atoms with Crippen molar-refractivity contribution in [2.75, 3.05) is 7.11 Å². The molecule has 0 fully saturated rings. The van der Waals surface area contributed by atoms with E-state index in [0.29, 0.717) is 15.0 Å². The third-order valence-electron chi connectivity index (χ3n) is 2.67. The van der Waals surface area contributed by atoms with Gasteiger partial charge in [-0.3, -0.25) is 0 Å². The van der Waals surface area contributed by atoms with E-state index in [-0.39, 0.29) is 11.2 Å². The molecule has 0 spiro atoms. The lowest BCUT2D eigenvalue weighted by Crippen LogP contribution is -2.28.